The summed E-state index contributed by atoms with van der Waals surface area (Å²) in [4.78, 5) is 25.5. The van der Waals surface area contributed by atoms with E-state index in [9.17, 15) is 9.59 Å². The van der Waals surface area contributed by atoms with Gasteiger partial charge in [0.05, 0.1) is 13.2 Å². The van der Waals surface area contributed by atoms with E-state index in [1.807, 2.05) is 0 Å². The van der Waals surface area contributed by atoms with Gasteiger partial charge in [0.15, 0.2) is 5.92 Å². The van der Waals surface area contributed by atoms with Crippen LogP contribution in [-0.2, 0) is 19.1 Å². The van der Waals surface area contributed by atoms with E-state index in [1.165, 1.54) is 12.8 Å². The van der Waals surface area contributed by atoms with E-state index in [2.05, 4.69) is 27.7 Å². The lowest BCUT2D eigenvalue weighted by molar-refractivity contribution is -0.166. The summed E-state index contributed by atoms with van der Waals surface area (Å²) in [5, 5.41) is 0. The van der Waals surface area contributed by atoms with E-state index in [4.69, 9.17) is 9.47 Å². The van der Waals surface area contributed by atoms with Crippen molar-refractivity contribution < 1.29 is 19.1 Å². The second-order valence-corrected chi connectivity index (χ2v) is 7.86. The lowest BCUT2D eigenvalue weighted by Gasteiger charge is -2.30. The highest BCUT2D eigenvalue weighted by Gasteiger charge is 2.42. The van der Waals surface area contributed by atoms with Crippen LogP contribution >= 0.6 is 0 Å². The molecule has 0 amide bonds. The lowest BCUT2D eigenvalue weighted by atomic mass is 9.75. The van der Waals surface area contributed by atoms with Gasteiger partial charge in [-0.3, -0.25) is 9.59 Å². The van der Waals surface area contributed by atoms with Crippen LogP contribution in [0, 0.1) is 23.7 Å². The van der Waals surface area contributed by atoms with E-state index in [1.54, 1.807) is 0 Å². The largest absolute Gasteiger partial charge is 0.465 e. The Kier molecular flexibility index (Phi) is 10.8. The van der Waals surface area contributed by atoms with Gasteiger partial charge in [0.1, 0.15) is 0 Å². The third-order valence-corrected chi connectivity index (χ3v) is 5.17. The molecule has 0 saturated heterocycles. The minimum atomic E-state index is -0.751. The molecule has 25 heavy (non-hydrogen) atoms. The third-order valence-electron chi connectivity index (χ3n) is 5.17. The summed E-state index contributed by atoms with van der Waals surface area (Å²) in [6.07, 6.45) is 9.10. The summed E-state index contributed by atoms with van der Waals surface area (Å²) in [5.41, 5.74) is 0. The fourth-order valence-corrected chi connectivity index (χ4v) is 3.79. The Balaban J connectivity index is 2.89. The number of rotatable bonds is 12. The summed E-state index contributed by atoms with van der Waals surface area (Å²) in [6.45, 7) is 9.23. The molecular weight excluding hydrogens is 316 g/mol. The van der Waals surface area contributed by atoms with Crippen molar-refractivity contribution in [2.45, 2.75) is 85.5 Å². The molecule has 146 valence electrons. The van der Waals surface area contributed by atoms with Crippen molar-refractivity contribution in [2.75, 3.05) is 13.2 Å². The highest BCUT2D eigenvalue weighted by molar-refractivity contribution is 5.95. The van der Waals surface area contributed by atoms with E-state index < -0.39 is 5.92 Å². The first kappa shape index (κ1) is 22.0. The molecule has 0 aromatic heterocycles. The van der Waals surface area contributed by atoms with E-state index in [0.717, 1.165) is 44.9 Å². The second-order valence-electron chi connectivity index (χ2n) is 7.86. The van der Waals surface area contributed by atoms with E-state index in [-0.39, 0.29) is 17.9 Å². The van der Waals surface area contributed by atoms with E-state index >= 15 is 0 Å². The fourth-order valence-electron chi connectivity index (χ4n) is 3.79. The molecule has 0 aliphatic heterocycles. The molecule has 0 heterocycles. The first-order valence-corrected chi connectivity index (χ1v) is 10.3. The topological polar surface area (TPSA) is 52.6 Å². The predicted octanol–water partition coefficient (Wildman–Crippen LogP) is 5.14. The van der Waals surface area contributed by atoms with Crippen LogP contribution in [-0.4, -0.2) is 25.2 Å². The predicted molar refractivity (Wildman–Crippen MR) is 100 cm³/mol. The van der Waals surface area contributed by atoms with Crippen LogP contribution in [0.2, 0.25) is 0 Å². The van der Waals surface area contributed by atoms with Gasteiger partial charge < -0.3 is 9.47 Å². The summed E-state index contributed by atoms with van der Waals surface area (Å²) in [6, 6.07) is 0. The highest BCUT2D eigenvalue weighted by atomic mass is 16.6. The Morgan fingerprint density at radius 1 is 0.920 bits per heavy atom. The fraction of sp³-hybridized carbons (Fsp3) is 0.905. The van der Waals surface area contributed by atoms with Gasteiger partial charge in [0, 0.05) is 0 Å². The maximum atomic E-state index is 12.7. The number of carbonyl (C=O) groups excluding carboxylic acids is 2. The SMILES string of the molecule is CCCCOC(=O)C(C(=O)OCCCC)C(CC(C)C)C1CCCC1. The average molecular weight is 355 g/mol. The van der Waals surface area contributed by atoms with Crippen LogP contribution in [0.5, 0.6) is 0 Å². The highest BCUT2D eigenvalue weighted by Crippen LogP contribution is 2.39. The van der Waals surface area contributed by atoms with Gasteiger partial charge in [-0.2, -0.15) is 0 Å². The minimum absolute atomic E-state index is 0.0470. The Morgan fingerprint density at radius 3 is 1.80 bits per heavy atom. The Labute approximate surface area is 154 Å². The third kappa shape index (κ3) is 7.79. The van der Waals surface area contributed by atoms with Crippen LogP contribution < -0.4 is 0 Å². The lowest BCUT2D eigenvalue weighted by Crippen LogP contribution is -2.38. The minimum Gasteiger partial charge on any atom is -0.465 e. The molecule has 1 fully saturated rings. The Hall–Kier alpha value is -1.06. The van der Waals surface area contributed by atoms with Gasteiger partial charge in [0.25, 0.3) is 0 Å². The molecule has 4 nitrogen and oxygen atoms in total. The monoisotopic (exact) mass is 354 g/mol. The van der Waals surface area contributed by atoms with Crippen LogP contribution in [0.25, 0.3) is 0 Å². The van der Waals surface area contributed by atoms with Gasteiger partial charge in [-0.1, -0.05) is 66.2 Å². The molecule has 1 rings (SSSR count). The molecule has 1 atom stereocenters. The van der Waals surface area contributed by atoms with Crippen LogP contribution in [0.4, 0.5) is 0 Å². The molecule has 0 N–H and O–H groups in total. The smallest absolute Gasteiger partial charge is 0.320 e. The summed E-state index contributed by atoms with van der Waals surface area (Å²) in [5.74, 6) is -0.560. The number of hydrogen-bond acceptors (Lipinski definition) is 4. The van der Waals surface area contributed by atoms with Gasteiger partial charge in [-0.15, -0.1) is 0 Å². The Bertz CT molecular complexity index is 363. The van der Waals surface area contributed by atoms with Crippen molar-refractivity contribution in [1.29, 1.82) is 0 Å². The van der Waals surface area contributed by atoms with Crippen molar-refractivity contribution in [2.24, 2.45) is 23.7 Å². The van der Waals surface area contributed by atoms with Crippen LogP contribution in [0.1, 0.15) is 85.5 Å². The molecule has 0 spiro atoms. The van der Waals surface area contributed by atoms with Crippen LogP contribution in [0.15, 0.2) is 0 Å². The van der Waals surface area contributed by atoms with Crippen LogP contribution in [0.3, 0.4) is 0 Å². The number of ether oxygens (including phenoxy) is 2. The van der Waals surface area contributed by atoms with E-state index in [0.29, 0.717) is 25.0 Å². The maximum Gasteiger partial charge on any atom is 0.320 e. The molecule has 0 aromatic rings. The first-order chi connectivity index (χ1) is 12.0. The standard InChI is InChI=1S/C21H38O4/c1-5-7-13-24-20(22)19(21(23)25-14-8-6-2)18(15-16(3)4)17-11-9-10-12-17/h16-19H,5-15H2,1-4H3. The second kappa shape index (κ2) is 12.3. The quantitative estimate of drug-likeness (QED) is 0.276. The zero-order chi connectivity index (χ0) is 18.7. The Morgan fingerprint density at radius 2 is 1.40 bits per heavy atom. The van der Waals surface area contributed by atoms with Crippen molar-refractivity contribution >= 4 is 11.9 Å². The molecule has 4 heteroatoms. The molecule has 1 saturated carbocycles. The number of hydrogen-bond donors (Lipinski definition) is 0. The molecule has 1 unspecified atom stereocenters. The number of unbranched alkanes of at least 4 members (excludes halogenated alkanes) is 2. The van der Waals surface area contributed by atoms with Crippen molar-refractivity contribution in [3.8, 4) is 0 Å². The summed E-state index contributed by atoms with van der Waals surface area (Å²) >= 11 is 0. The number of carbonyl (C=O) groups is 2. The zero-order valence-corrected chi connectivity index (χ0v) is 16.7. The van der Waals surface area contributed by atoms with Gasteiger partial charge in [0.2, 0.25) is 0 Å². The average Bonchev–Trinajstić information content (AvgIpc) is 3.08. The van der Waals surface area contributed by atoms with Crippen molar-refractivity contribution in [1.82, 2.24) is 0 Å². The molecule has 0 bridgehead atoms. The molecule has 1 aliphatic rings. The molecule has 0 aromatic carbocycles. The van der Waals surface area contributed by atoms with Gasteiger partial charge >= 0.3 is 11.9 Å². The molecular formula is C21H38O4. The maximum absolute atomic E-state index is 12.7. The van der Waals surface area contributed by atoms with Crippen molar-refractivity contribution in [3.05, 3.63) is 0 Å². The normalized spacial score (nSPS) is 16.4. The van der Waals surface area contributed by atoms with Crippen molar-refractivity contribution in [3.63, 3.8) is 0 Å². The van der Waals surface area contributed by atoms with Gasteiger partial charge in [-0.25, -0.2) is 0 Å². The summed E-state index contributed by atoms with van der Waals surface area (Å²) in [7, 11) is 0. The zero-order valence-electron chi connectivity index (χ0n) is 16.7. The number of esters is 2. The first-order valence-electron chi connectivity index (χ1n) is 10.3. The van der Waals surface area contributed by atoms with Gasteiger partial charge in [-0.05, 0) is 37.0 Å². The molecule has 0 radical (unpaired) electrons. The summed E-state index contributed by atoms with van der Waals surface area (Å²) < 4.78 is 10.9. The molecule has 1 aliphatic carbocycles.